The Balaban J connectivity index is 2.32. The van der Waals surface area contributed by atoms with E-state index >= 15 is 0 Å². The zero-order chi connectivity index (χ0) is 13.9. The average Bonchev–Trinajstić information content (AvgIpc) is 2.47. The van der Waals surface area contributed by atoms with Crippen molar-refractivity contribution in [2.24, 2.45) is 11.1 Å². The van der Waals surface area contributed by atoms with Crippen LogP contribution in [0.4, 0.5) is 0 Å². The van der Waals surface area contributed by atoms with E-state index in [2.05, 4.69) is 31.2 Å². The van der Waals surface area contributed by atoms with E-state index in [1.54, 1.807) is 0 Å². The van der Waals surface area contributed by atoms with Gasteiger partial charge in [0, 0.05) is 12.0 Å². The fourth-order valence-electron chi connectivity index (χ4n) is 3.49. The molecule has 1 atom stereocenters. The SMILES string of the molecule is CCc1ccc(C(C)(O)C2(CN)CCCCC2)cc1. The molecular weight excluding hydrogens is 234 g/mol. The molecular formula is C17H27NO. The second-order valence-corrected chi connectivity index (χ2v) is 6.17. The van der Waals surface area contributed by atoms with Crippen molar-refractivity contribution in [3.63, 3.8) is 0 Å². The summed E-state index contributed by atoms with van der Waals surface area (Å²) in [4.78, 5) is 0. The lowest BCUT2D eigenvalue weighted by atomic mass is 9.61. The van der Waals surface area contributed by atoms with Gasteiger partial charge >= 0.3 is 0 Å². The third kappa shape index (κ3) is 2.56. The minimum Gasteiger partial charge on any atom is -0.385 e. The van der Waals surface area contributed by atoms with Crippen LogP contribution in [0.25, 0.3) is 0 Å². The van der Waals surface area contributed by atoms with Crippen LogP contribution in [0.1, 0.15) is 57.1 Å². The van der Waals surface area contributed by atoms with Crippen LogP contribution in [0.2, 0.25) is 0 Å². The average molecular weight is 261 g/mol. The molecule has 1 saturated carbocycles. The number of aliphatic hydroxyl groups is 1. The van der Waals surface area contributed by atoms with Crippen LogP contribution in [0, 0.1) is 5.41 Å². The molecule has 0 bridgehead atoms. The van der Waals surface area contributed by atoms with Gasteiger partial charge in [-0.15, -0.1) is 0 Å². The maximum absolute atomic E-state index is 11.1. The lowest BCUT2D eigenvalue weighted by Gasteiger charge is -2.47. The zero-order valence-electron chi connectivity index (χ0n) is 12.3. The van der Waals surface area contributed by atoms with Crippen molar-refractivity contribution >= 4 is 0 Å². The molecule has 0 radical (unpaired) electrons. The van der Waals surface area contributed by atoms with E-state index in [1.165, 1.54) is 24.8 Å². The number of hydrogen-bond acceptors (Lipinski definition) is 2. The van der Waals surface area contributed by atoms with Gasteiger partial charge in [-0.2, -0.15) is 0 Å². The Bertz CT molecular complexity index is 402. The molecule has 0 heterocycles. The van der Waals surface area contributed by atoms with Crippen molar-refractivity contribution < 1.29 is 5.11 Å². The number of aryl methyl sites for hydroxylation is 1. The molecule has 1 fully saturated rings. The molecule has 2 rings (SSSR count). The summed E-state index contributed by atoms with van der Waals surface area (Å²) in [5, 5.41) is 11.1. The summed E-state index contributed by atoms with van der Waals surface area (Å²) in [6, 6.07) is 8.39. The molecule has 1 aromatic carbocycles. The highest BCUT2D eigenvalue weighted by Crippen LogP contribution is 2.49. The van der Waals surface area contributed by atoms with Crippen LogP contribution in [0.5, 0.6) is 0 Å². The maximum Gasteiger partial charge on any atom is 0.0936 e. The van der Waals surface area contributed by atoms with Crippen LogP contribution >= 0.6 is 0 Å². The van der Waals surface area contributed by atoms with Crippen molar-refractivity contribution in [2.45, 2.75) is 58.0 Å². The van der Waals surface area contributed by atoms with Crippen molar-refractivity contribution in [3.8, 4) is 0 Å². The van der Waals surface area contributed by atoms with E-state index in [-0.39, 0.29) is 5.41 Å². The molecule has 1 aliphatic rings. The Kier molecular flexibility index (Phi) is 4.32. The van der Waals surface area contributed by atoms with Crippen molar-refractivity contribution in [1.29, 1.82) is 0 Å². The Labute approximate surface area is 117 Å². The fourth-order valence-corrected chi connectivity index (χ4v) is 3.49. The van der Waals surface area contributed by atoms with Gasteiger partial charge in [0.2, 0.25) is 0 Å². The smallest absolute Gasteiger partial charge is 0.0936 e. The van der Waals surface area contributed by atoms with Gasteiger partial charge in [-0.05, 0) is 37.3 Å². The van der Waals surface area contributed by atoms with Crippen molar-refractivity contribution in [2.75, 3.05) is 6.54 Å². The highest BCUT2D eigenvalue weighted by Gasteiger charge is 2.47. The zero-order valence-corrected chi connectivity index (χ0v) is 12.3. The summed E-state index contributed by atoms with van der Waals surface area (Å²) in [5.74, 6) is 0. The Morgan fingerprint density at radius 1 is 1.16 bits per heavy atom. The molecule has 1 aliphatic carbocycles. The molecule has 1 aromatic rings. The lowest BCUT2D eigenvalue weighted by molar-refractivity contribution is -0.0918. The number of benzene rings is 1. The molecule has 2 heteroatoms. The van der Waals surface area contributed by atoms with Gasteiger partial charge in [-0.1, -0.05) is 50.5 Å². The van der Waals surface area contributed by atoms with Crippen molar-refractivity contribution in [1.82, 2.24) is 0 Å². The molecule has 0 spiro atoms. The number of nitrogens with two attached hydrogens (primary N) is 1. The van der Waals surface area contributed by atoms with Gasteiger partial charge in [0.05, 0.1) is 5.60 Å². The molecule has 0 amide bonds. The van der Waals surface area contributed by atoms with Gasteiger partial charge in [0.15, 0.2) is 0 Å². The predicted molar refractivity (Wildman–Crippen MR) is 80.0 cm³/mol. The van der Waals surface area contributed by atoms with E-state index < -0.39 is 5.60 Å². The quantitative estimate of drug-likeness (QED) is 0.873. The molecule has 0 aliphatic heterocycles. The molecule has 19 heavy (non-hydrogen) atoms. The number of hydrogen-bond donors (Lipinski definition) is 2. The highest BCUT2D eigenvalue weighted by atomic mass is 16.3. The predicted octanol–water partition coefficient (Wildman–Crippen LogP) is 3.37. The second kappa shape index (κ2) is 5.64. The third-order valence-corrected chi connectivity index (χ3v) is 5.16. The van der Waals surface area contributed by atoms with Crippen molar-refractivity contribution in [3.05, 3.63) is 35.4 Å². The molecule has 0 aromatic heterocycles. The minimum atomic E-state index is -0.825. The maximum atomic E-state index is 11.1. The lowest BCUT2D eigenvalue weighted by Crippen LogP contribution is -2.49. The molecule has 1 unspecified atom stereocenters. The summed E-state index contributed by atoms with van der Waals surface area (Å²) in [6.45, 7) is 4.66. The summed E-state index contributed by atoms with van der Waals surface area (Å²) in [6.07, 6.45) is 6.73. The van der Waals surface area contributed by atoms with E-state index in [0.29, 0.717) is 6.54 Å². The number of rotatable bonds is 4. The van der Waals surface area contributed by atoms with Crippen LogP contribution in [0.15, 0.2) is 24.3 Å². The second-order valence-electron chi connectivity index (χ2n) is 6.17. The summed E-state index contributed by atoms with van der Waals surface area (Å²) < 4.78 is 0. The first-order chi connectivity index (χ1) is 9.05. The fraction of sp³-hybridized carbons (Fsp3) is 0.647. The topological polar surface area (TPSA) is 46.2 Å². The van der Waals surface area contributed by atoms with E-state index in [0.717, 1.165) is 24.8 Å². The van der Waals surface area contributed by atoms with Crippen LogP contribution in [-0.4, -0.2) is 11.7 Å². The summed E-state index contributed by atoms with van der Waals surface area (Å²) in [7, 11) is 0. The van der Waals surface area contributed by atoms with E-state index in [1.807, 2.05) is 6.92 Å². The summed E-state index contributed by atoms with van der Waals surface area (Å²) >= 11 is 0. The van der Waals surface area contributed by atoms with Gasteiger partial charge in [-0.3, -0.25) is 0 Å². The standard InChI is InChI=1S/C17H27NO/c1-3-14-7-9-15(10-8-14)16(2,19)17(13-18)11-5-4-6-12-17/h7-10,19H,3-6,11-13,18H2,1-2H3. The minimum absolute atomic E-state index is 0.154. The molecule has 0 saturated heterocycles. The Morgan fingerprint density at radius 3 is 2.21 bits per heavy atom. The molecule has 2 nitrogen and oxygen atoms in total. The van der Waals surface area contributed by atoms with Gasteiger partial charge in [0.25, 0.3) is 0 Å². The third-order valence-electron chi connectivity index (χ3n) is 5.16. The molecule has 3 N–H and O–H groups in total. The Hall–Kier alpha value is -0.860. The van der Waals surface area contributed by atoms with E-state index in [9.17, 15) is 5.11 Å². The van der Waals surface area contributed by atoms with Gasteiger partial charge in [0.1, 0.15) is 0 Å². The highest BCUT2D eigenvalue weighted by molar-refractivity contribution is 5.29. The largest absolute Gasteiger partial charge is 0.385 e. The first-order valence-corrected chi connectivity index (χ1v) is 7.57. The normalized spacial score (nSPS) is 21.9. The first-order valence-electron chi connectivity index (χ1n) is 7.57. The monoisotopic (exact) mass is 261 g/mol. The Morgan fingerprint density at radius 2 is 1.74 bits per heavy atom. The van der Waals surface area contributed by atoms with E-state index in [4.69, 9.17) is 5.73 Å². The van der Waals surface area contributed by atoms with Gasteiger partial charge in [-0.25, -0.2) is 0 Å². The van der Waals surface area contributed by atoms with Crippen LogP contribution in [0.3, 0.4) is 0 Å². The van der Waals surface area contributed by atoms with Gasteiger partial charge < -0.3 is 10.8 Å². The van der Waals surface area contributed by atoms with Crippen LogP contribution < -0.4 is 5.73 Å². The summed E-state index contributed by atoms with van der Waals surface area (Å²) in [5.41, 5.74) is 7.40. The van der Waals surface area contributed by atoms with Crippen LogP contribution in [-0.2, 0) is 12.0 Å². The molecule has 106 valence electrons. The first kappa shape index (κ1) is 14.5.